The zero-order valence-electron chi connectivity index (χ0n) is 11.6. The minimum atomic E-state index is -0.810. The van der Waals surface area contributed by atoms with Crippen LogP contribution in [0.3, 0.4) is 0 Å². The van der Waals surface area contributed by atoms with Crippen molar-refractivity contribution in [2.45, 2.75) is 25.8 Å². The fourth-order valence-corrected chi connectivity index (χ4v) is 1.65. The van der Waals surface area contributed by atoms with Crippen LogP contribution in [0.5, 0.6) is 5.75 Å². The molecule has 1 aromatic rings. The smallest absolute Gasteiger partial charge is 0.242 e. The first-order chi connectivity index (χ1) is 8.86. The van der Waals surface area contributed by atoms with Crippen LogP contribution in [0.4, 0.5) is 0 Å². The molecule has 0 aliphatic heterocycles. The van der Waals surface area contributed by atoms with Crippen LogP contribution in [-0.2, 0) is 4.79 Å². The molecule has 1 amide bonds. The second-order valence-electron chi connectivity index (χ2n) is 4.80. The van der Waals surface area contributed by atoms with Gasteiger partial charge in [-0.2, -0.15) is 0 Å². The van der Waals surface area contributed by atoms with Gasteiger partial charge in [-0.3, -0.25) is 4.79 Å². The van der Waals surface area contributed by atoms with Crippen molar-refractivity contribution in [3.05, 3.63) is 29.3 Å². The molecule has 106 valence electrons. The van der Waals surface area contributed by atoms with Gasteiger partial charge in [0.05, 0.1) is 12.1 Å². The summed E-state index contributed by atoms with van der Waals surface area (Å²) in [5.74, 6) is 0.658. The lowest BCUT2D eigenvalue weighted by atomic mass is 9.99. The van der Waals surface area contributed by atoms with Crippen molar-refractivity contribution in [1.82, 2.24) is 4.90 Å². The van der Waals surface area contributed by atoms with Gasteiger partial charge < -0.3 is 15.4 Å². The van der Waals surface area contributed by atoms with E-state index in [1.165, 1.54) is 0 Å². The molecule has 1 atom stereocenters. The molecule has 0 aromatic heterocycles. The monoisotopic (exact) mass is 284 g/mol. The number of carbonyl (C=O) groups is 1. The number of rotatable bonds is 6. The Hall–Kier alpha value is -1.26. The molecule has 0 aliphatic carbocycles. The van der Waals surface area contributed by atoms with Crippen molar-refractivity contribution in [3.8, 4) is 5.75 Å². The van der Waals surface area contributed by atoms with Gasteiger partial charge in [-0.15, -0.1) is 0 Å². The molecule has 19 heavy (non-hydrogen) atoms. The summed E-state index contributed by atoms with van der Waals surface area (Å²) in [6, 6.07) is 7.12. The highest BCUT2D eigenvalue weighted by atomic mass is 35.5. The van der Waals surface area contributed by atoms with Crippen LogP contribution in [0.15, 0.2) is 24.3 Å². The first kappa shape index (κ1) is 15.8. The van der Waals surface area contributed by atoms with Crippen molar-refractivity contribution in [2.24, 2.45) is 5.73 Å². The van der Waals surface area contributed by atoms with Gasteiger partial charge in [0.15, 0.2) is 0 Å². The number of amides is 1. The van der Waals surface area contributed by atoms with Crippen molar-refractivity contribution in [2.75, 3.05) is 20.2 Å². The van der Waals surface area contributed by atoms with E-state index >= 15 is 0 Å². The third-order valence-corrected chi connectivity index (χ3v) is 3.33. The van der Waals surface area contributed by atoms with E-state index < -0.39 is 5.54 Å². The van der Waals surface area contributed by atoms with Gasteiger partial charge in [0.25, 0.3) is 0 Å². The number of nitrogens with two attached hydrogens (primary N) is 1. The van der Waals surface area contributed by atoms with Crippen LogP contribution in [-0.4, -0.2) is 36.5 Å². The predicted molar refractivity (Wildman–Crippen MR) is 77.5 cm³/mol. The van der Waals surface area contributed by atoms with Crippen LogP contribution < -0.4 is 10.5 Å². The first-order valence-electron chi connectivity index (χ1n) is 6.29. The summed E-state index contributed by atoms with van der Waals surface area (Å²) in [4.78, 5) is 13.6. The van der Waals surface area contributed by atoms with E-state index in [-0.39, 0.29) is 5.91 Å². The Balaban J connectivity index is 2.40. The number of benzene rings is 1. The van der Waals surface area contributed by atoms with Gasteiger partial charge in [-0.25, -0.2) is 0 Å². The average Bonchev–Trinajstić information content (AvgIpc) is 2.40. The molecule has 1 unspecified atom stereocenters. The number of halogens is 1. The van der Waals surface area contributed by atoms with Crippen molar-refractivity contribution < 1.29 is 9.53 Å². The van der Waals surface area contributed by atoms with E-state index in [0.717, 1.165) is 5.75 Å². The van der Waals surface area contributed by atoms with Crippen molar-refractivity contribution in [3.63, 3.8) is 0 Å². The van der Waals surface area contributed by atoms with Gasteiger partial charge in [0, 0.05) is 12.1 Å². The Morgan fingerprint density at radius 2 is 2.00 bits per heavy atom. The Morgan fingerprint density at radius 1 is 1.42 bits per heavy atom. The highest BCUT2D eigenvalue weighted by molar-refractivity contribution is 6.30. The third kappa shape index (κ3) is 4.73. The van der Waals surface area contributed by atoms with E-state index in [1.807, 2.05) is 6.92 Å². The average molecular weight is 285 g/mol. The van der Waals surface area contributed by atoms with Crippen LogP contribution in [0.2, 0.25) is 5.02 Å². The molecule has 4 nitrogen and oxygen atoms in total. The van der Waals surface area contributed by atoms with E-state index in [2.05, 4.69) is 0 Å². The summed E-state index contributed by atoms with van der Waals surface area (Å²) in [5, 5.41) is 0.668. The minimum absolute atomic E-state index is 0.0743. The topological polar surface area (TPSA) is 55.6 Å². The van der Waals surface area contributed by atoms with Crippen LogP contribution in [0.1, 0.15) is 20.3 Å². The number of nitrogens with zero attached hydrogens (tertiary/aromatic N) is 1. The Labute approximate surface area is 119 Å². The maximum absolute atomic E-state index is 12.0. The van der Waals surface area contributed by atoms with E-state index in [0.29, 0.717) is 24.6 Å². The highest BCUT2D eigenvalue weighted by Crippen LogP contribution is 2.15. The lowest BCUT2D eigenvalue weighted by Gasteiger charge is -2.28. The lowest BCUT2D eigenvalue weighted by Crippen LogP contribution is -2.52. The van der Waals surface area contributed by atoms with Gasteiger partial charge >= 0.3 is 0 Å². The van der Waals surface area contributed by atoms with E-state index in [4.69, 9.17) is 22.1 Å². The fourth-order valence-electron chi connectivity index (χ4n) is 1.52. The van der Waals surface area contributed by atoms with Gasteiger partial charge in [-0.05, 0) is 37.6 Å². The van der Waals surface area contributed by atoms with Crippen molar-refractivity contribution in [1.29, 1.82) is 0 Å². The molecule has 0 saturated heterocycles. The standard InChI is InChI=1S/C14H21ClN2O2/c1-4-14(2,16)13(18)17(3)9-10-19-12-7-5-11(15)6-8-12/h5-8H,4,9-10,16H2,1-3H3. The van der Waals surface area contributed by atoms with Crippen LogP contribution in [0.25, 0.3) is 0 Å². The summed E-state index contributed by atoms with van der Waals surface area (Å²) in [6.45, 7) is 4.56. The van der Waals surface area contributed by atoms with Crippen molar-refractivity contribution >= 4 is 17.5 Å². The Morgan fingerprint density at radius 3 is 2.53 bits per heavy atom. The molecular weight excluding hydrogens is 264 g/mol. The summed E-state index contributed by atoms with van der Waals surface area (Å²) >= 11 is 5.78. The molecule has 2 N–H and O–H groups in total. The molecule has 0 spiro atoms. The second kappa shape index (κ2) is 6.78. The Kier molecular flexibility index (Phi) is 5.63. The molecular formula is C14H21ClN2O2. The molecule has 1 aromatic carbocycles. The molecule has 1 rings (SSSR count). The van der Waals surface area contributed by atoms with Gasteiger partial charge in [-0.1, -0.05) is 18.5 Å². The van der Waals surface area contributed by atoms with E-state index in [9.17, 15) is 4.79 Å². The normalized spacial score (nSPS) is 13.7. The fraction of sp³-hybridized carbons (Fsp3) is 0.500. The first-order valence-corrected chi connectivity index (χ1v) is 6.67. The largest absolute Gasteiger partial charge is 0.492 e. The maximum Gasteiger partial charge on any atom is 0.242 e. The number of likely N-dealkylation sites (N-methyl/N-ethyl adjacent to an activating group) is 1. The SMILES string of the molecule is CCC(C)(N)C(=O)N(C)CCOc1ccc(Cl)cc1. The summed E-state index contributed by atoms with van der Waals surface area (Å²) in [5.41, 5.74) is 5.10. The third-order valence-electron chi connectivity index (χ3n) is 3.08. The number of carbonyl (C=O) groups excluding carboxylic acids is 1. The van der Waals surface area contributed by atoms with Gasteiger partial charge in [0.2, 0.25) is 5.91 Å². The molecule has 5 heteroatoms. The molecule has 0 bridgehead atoms. The van der Waals surface area contributed by atoms with E-state index in [1.54, 1.807) is 43.1 Å². The molecule has 0 fully saturated rings. The Bertz CT molecular complexity index is 418. The predicted octanol–water partition coefficient (Wildman–Crippen LogP) is 2.30. The maximum atomic E-state index is 12.0. The molecule has 0 saturated carbocycles. The minimum Gasteiger partial charge on any atom is -0.492 e. The van der Waals surface area contributed by atoms with Gasteiger partial charge in [0.1, 0.15) is 12.4 Å². The zero-order valence-corrected chi connectivity index (χ0v) is 12.4. The lowest BCUT2D eigenvalue weighted by molar-refractivity contribution is -0.135. The number of hydrogen-bond donors (Lipinski definition) is 1. The quantitative estimate of drug-likeness (QED) is 0.872. The summed E-state index contributed by atoms with van der Waals surface area (Å²) in [6.07, 6.45) is 0.605. The summed E-state index contributed by atoms with van der Waals surface area (Å²) < 4.78 is 5.53. The molecule has 0 aliphatic rings. The molecule has 0 radical (unpaired) electrons. The zero-order chi connectivity index (χ0) is 14.5. The van der Waals surface area contributed by atoms with Crippen LogP contribution >= 0.6 is 11.6 Å². The second-order valence-corrected chi connectivity index (χ2v) is 5.24. The molecule has 0 heterocycles. The highest BCUT2D eigenvalue weighted by Gasteiger charge is 2.28. The summed E-state index contributed by atoms with van der Waals surface area (Å²) in [7, 11) is 1.73. The number of hydrogen-bond acceptors (Lipinski definition) is 3. The number of ether oxygens (including phenoxy) is 1. The van der Waals surface area contributed by atoms with Crippen LogP contribution in [0, 0.1) is 0 Å².